The monoisotopic (exact) mass is 902 g/mol. The second-order valence-electron chi connectivity index (χ2n) is 17.4. The van der Waals surface area contributed by atoms with E-state index in [4.69, 9.17) is 4.74 Å². The number of halogens is 4. The highest BCUT2D eigenvalue weighted by molar-refractivity contribution is 7.86. The third kappa shape index (κ3) is 7.10. The van der Waals surface area contributed by atoms with Crippen LogP contribution in [-0.2, 0) is 42.6 Å². The molecule has 0 saturated carbocycles. The smallest absolute Gasteiger partial charge is 0.307 e. The quantitative estimate of drug-likeness (QED) is 0.0604. The minimum atomic E-state index is -4.67. The van der Waals surface area contributed by atoms with Gasteiger partial charge in [0.15, 0.2) is 28.8 Å². The molecule has 8 rings (SSSR count). The lowest BCUT2D eigenvalue weighted by Gasteiger charge is -2.47. The Hall–Kier alpha value is -5.11. The van der Waals surface area contributed by atoms with E-state index in [1.54, 1.807) is 12.2 Å². The first-order valence-corrected chi connectivity index (χ1v) is 23.1. The zero-order chi connectivity index (χ0) is 45.2. The summed E-state index contributed by atoms with van der Waals surface area (Å²) in [4.78, 5) is 29.3. The molecule has 0 bridgehead atoms. The van der Waals surface area contributed by atoms with Crippen LogP contribution in [0.25, 0.3) is 16.7 Å². The lowest BCUT2D eigenvalue weighted by Crippen LogP contribution is -2.53. The summed E-state index contributed by atoms with van der Waals surface area (Å²) in [5, 5.41) is 0.480. The number of anilines is 1. The number of ether oxygens (including phenoxy) is 2. The summed E-state index contributed by atoms with van der Waals surface area (Å²) < 4.78 is 149. The Kier molecular flexibility index (Phi) is 10.3. The predicted octanol–water partition coefficient (Wildman–Crippen LogP) is 4.55. The first-order chi connectivity index (χ1) is 28.8. The fourth-order valence-electron chi connectivity index (χ4n) is 9.83. The van der Waals surface area contributed by atoms with Crippen molar-refractivity contribution in [3.63, 3.8) is 0 Å². The third-order valence-corrected chi connectivity index (χ3v) is 13.7. The molecule has 5 aliphatic rings. The molecule has 1 amide bonds. The highest BCUT2D eigenvalue weighted by atomic mass is 32.2. The van der Waals surface area contributed by atoms with E-state index in [0.29, 0.717) is 60.9 Å². The molecule has 0 spiro atoms. The number of hydrogen-bond acceptors (Lipinski definition) is 9. The van der Waals surface area contributed by atoms with Crippen LogP contribution in [0.15, 0.2) is 24.3 Å². The van der Waals surface area contributed by atoms with Crippen molar-refractivity contribution in [3.05, 3.63) is 97.1 Å². The number of carbonyl (C=O) groups is 2. The second kappa shape index (κ2) is 14.7. The Labute approximate surface area is 355 Å². The zero-order valence-corrected chi connectivity index (χ0v) is 36.3. The molecular weight excluding hydrogens is 859 g/mol. The van der Waals surface area contributed by atoms with Gasteiger partial charge in [-0.15, -0.1) is 0 Å². The first kappa shape index (κ1) is 43.5. The molecular formula is C43H44F4N3O10S2+. The minimum absolute atomic E-state index is 0.0686. The van der Waals surface area contributed by atoms with Crippen LogP contribution >= 0.6 is 0 Å². The van der Waals surface area contributed by atoms with Crippen molar-refractivity contribution in [1.29, 1.82) is 0 Å². The van der Waals surface area contributed by atoms with Crippen LogP contribution in [0.4, 0.5) is 23.2 Å². The van der Waals surface area contributed by atoms with E-state index in [1.165, 1.54) is 12.1 Å². The molecule has 62 heavy (non-hydrogen) atoms. The van der Waals surface area contributed by atoms with Gasteiger partial charge in [-0.1, -0.05) is 6.08 Å². The van der Waals surface area contributed by atoms with Gasteiger partial charge in [0, 0.05) is 73.5 Å². The molecule has 0 unspecified atom stereocenters. The van der Waals surface area contributed by atoms with E-state index in [2.05, 4.69) is 4.74 Å². The van der Waals surface area contributed by atoms with E-state index in [0.717, 1.165) is 19.1 Å². The summed E-state index contributed by atoms with van der Waals surface area (Å²) >= 11 is 0. The standard InChI is InChI=1S/C43H43F4N3O10S2/c1-42(2)17-21(19-61(53,54)55)25-15-27-30(31-32(34(45)36(47)35(46)33(31)44)41(52)48(5)14-11-29(51)59-6)28-16-26-22(20-62(56,57)58)18-43(3,4)50-13-8-10-24(38(26)50)40(28)60-39(27)23-9-7-12-49(42)37(23)25/h15-18H,7-14,19-20H2,1-6H3,(H-,53,54,55,56,57,58)/p+1. The van der Waals surface area contributed by atoms with Gasteiger partial charge in [0.05, 0.1) is 41.4 Å². The number of benzene rings is 3. The molecule has 0 aliphatic carbocycles. The average Bonchev–Trinajstić information content (AvgIpc) is 3.18. The van der Waals surface area contributed by atoms with Crippen molar-refractivity contribution in [3.8, 4) is 11.5 Å². The van der Waals surface area contributed by atoms with Gasteiger partial charge in [-0.05, 0) is 62.5 Å². The molecule has 3 aromatic carbocycles. The Balaban J connectivity index is 1.58. The molecule has 0 aromatic heterocycles. The van der Waals surface area contributed by atoms with Gasteiger partial charge < -0.3 is 19.3 Å². The van der Waals surface area contributed by atoms with Gasteiger partial charge in [-0.3, -0.25) is 18.7 Å². The largest absolute Gasteiger partial charge is 0.469 e. The Morgan fingerprint density at radius 1 is 0.855 bits per heavy atom. The number of esters is 1. The molecule has 5 heterocycles. The highest BCUT2D eigenvalue weighted by Crippen LogP contribution is 2.53. The fraction of sp³-hybridized carbons (Fsp3) is 0.419. The van der Waals surface area contributed by atoms with Crippen molar-refractivity contribution in [2.24, 2.45) is 0 Å². The summed E-state index contributed by atoms with van der Waals surface area (Å²) in [6, 6.07) is 2.86. The van der Waals surface area contributed by atoms with Gasteiger partial charge in [-0.2, -0.15) is 16.8 Å². The number of carbonyl (C=O) groups excluding carboxylic acids is 2. The molecule has 0 atom stereocenters. The van der Waals surface area contributed by atoms with E-state index < -0.39 is 102 Å². The number of methoxy groups -OCH3 is 1. The molecule has 0 radical (unpaired) electrons. The van der Waals surface area contributed by atoms with Crippen LogP contribution in [0.2, 0.25) is 0 Å². The van der Waals surface area contributed by atoms with E-state index in [1.807, 2.05) is 37.2 Å². The van der Waals surface area contributed by atoms with Crippen LogP contribution in [-0.4, -0.2) is 99.1 Å². The van der Waals surface area contributed by atoms with Crippen LogP contribution in [0.3, 0.4) is 0 Å². The van der Waals surface area contributed by atoms with Crippen LogP contribution in [0, 0.1) is 23.3 Å². The predicted molar refractivity (Wildman–Crippen MR) is 221 cm³/mol. The SMILES string of the molecule is COC(=O)CCN(C)C(=O)c1c(F)c(F)c(F)c(F)c1C1=c2cc3c4c(c2Oc2c1cc1c5c2CCCN5C(C)(C)C=C1CS(=O)(=O)O)CCC[N+]=4C(C)(C)C=C3CS(=O)(=O)O. The summed E-state index contributed by atoms with van der Waals surface area (Å²) in [5.41, 5.74) is -1.90. The topological polar surface area (TPSA) is 171 Å². The maximum absolute atomic E-state index is 17.1. The fourth-order valence-corrected chi connectivity index (χ4v) is 11.1. The Morgan fingerprint density at radius 2 is 1.48 bits per heavy atom. The lowest BCUT2D eigenvalue weighted by atomic mass is 9.78. The van der Waals surface area contributed by atoms with Crippen LogP contribution in [0.1, 0.15) is 90.7 Å². The van der Waals surface area contributed by atoms with Gasteiger partial charge in [-0.25, -0.2) is 22.1 Å². The highest BCUT2D eigenvalue weighted by Gasteiger charge is 2.45. The van der Waals surface area contributed by atoms with Gasteiger partial charge >= 0.3 is 5.97 Å². The van der Waals surface area contributed by atoms with Crippen molar-refractivity contribution in [2.45, 2.75) is 70.9 Å². The molecule has 3 aromatic rings. The maximum Gasteiger partial charge on any atom is 0.307 e. The number of fused-ring (bicyclic) bond motifs is 4. The van der Waals surface area contributed by atoms with Crippen molar-refractivity contribution >= 4 is 54.5 Å². The third-order valence-electron chi connectivity index (χ3n) is 12.4. The summed E-state index contributed by atoms with van der Waals surface area (Å²) in [5.74, 6) is -12.1. The summed E-state index contributed by atoms with van der Waals surface area (Å²) in [6.07, 6.45) is 4.65. The summed E-state index contributed by atoms with van der Waals surface area (Å²) in [6.45, 7) is 8.07. The molecule has 330 valence electrons. The Morgan fingerprint density at radius 3 is 2.13 bits per heavy atom. The van der Waals surface area contributed by atoms with Crippen molar-refractivity contribution in [2.75, 3.05) is 50.2 Å². The molecule has 2 N–H and O–H groups in total. The maximum atomic E-state index is 17.1. The minimum Gasteiger partial charge on any atom is -0.469 e. The van der Waals surface area contributed by atoms with Gasteiger partial charge in [0.25, 0.3) is 26.1 Å². The Bertz CT molecular complexity index is 3000. The normalized spacial score (nSPS) is 18.1. The first-order valence-electron chi connectivity index (χ1n) is 19.9. The molecule has 0 fully saturated rings. The number of hydrogen-bond donors (Lipinski definition) is 2. The van der Waals surface area contributed by atoms with Crippen LogP contribution in [0.5, 0.6) is 11.5 Å². The number of nitrogens with zero attached hydrogens (tertiary/aromatic N) is 3. The molecule has 5 aliphatic heterocycles. The van der Waals surface area contributed by atoms with Gasteiger partial charge in [0.1, 0.15) is 29.5 Å². The van der Waals surface area contributed by atoms with E-state index >= 15 is 17.6 Å². The van der Waals surface area contributed by atoms with E-state index in [9.17, 15) is 35.5 Å². The lowest BCUT2D eigenvalue weighted by molar-refractivity contribution is -0.140. The van der Waals surface area contributed by atoms with Crippen molar-refractivity contribution < 1.29 is 62.6 Å². The van der Waals surface area contributed by atoms with Crippen LogP contribution < -0.4 is 24.8 Å². The zero-order valence-electron chi connectivity index (χ0n) is 34.7. The number of rotatable bonds is 9. The van der Waals surface area contributed by atoms with Crippen molar-refractivity contribution in [1.82, 2.24) is 9.48 Å². The van der Waals surface area contributed by atoms with Gasteiger partial charge in [0.2, 0.25) is 5.36 Å². The summed E-state index contributed by atoms with van der Waals surface area (Å²) in [7, 11) is -7.09. The molecule has 0 saturated heterocycles. The second-order valence-corrected chi connectivity index (χ2v) is 20.3. The number of amides is 1. The molecule has 19 heteroatoms. The van der Waals surface area contributed by atoms with E-state index in [-0.39, 0.29) is 50.1 Å². The molecule has 13 nitrogen and oxygen atoms in total. The average molecular weight is 903 g/mol.